The number of hydrogen-bond acceptors (Lipinski definition) is 6. The van der Waals surface area contributed by atoms with Crippen LogP contribution in [0.4, 0.5) is 16.2 Å². The third kappa shape index (κ3) is 5.13. The molecule has 0 saturated heterocycles. The maximum atomic E-state index is 11.9. The van der Waals surface area contributed by atoms with Gasteiger partial charge in [-0.15, -0.1) is 0 Å². The van der Waals surface area contributed by atoms with Crippen LogP contribution in [0.3, 0.4) is 0 Å². The van der Waals surface area contributed by atoms with E-state index in [0.29, 0.717) is 18.3 Å². The summed E-state index contributed by atoms with van der Waals surface area (Å²) in [6.07, 6.45) is 2.81. The second-order valence-corrected chi connectivity index (χ2v) is 9.62. The van der Waals surface area contributed by atoms with E-state index in [1.807, 2.05) is 58.3 Å². The Bertz CT molecular complexity index is 1040. The van der Waals surface area contributed by atoms with Crippen molar-refractivity contribution in [3.8, 4) is 11.8 Å². The van der Waals surface area contributed by atoms with Crippen LogP contribution in [0.15, 0.2) is 42.5 Å². The van der Waals surface area contributed by atoms with E-state index in [1.165, 1.54) is 6.42 Å². The first-order chi connectivity index (χ1) is 16.4. The molecular formula is C27H34N4O3. The molecule has 7 nitrogen and oxygen atoms in total. The Hall–Kier alpha value is -3.24. The summed E-state index contributed by atoms with van der Waals surface area (Å²) < 4.78 is 11.2. The number of anilines is 2. The molecule has 1 aliphatic carbocycles. The molecule has 1 N–H and O–H groups in total. The number of nitrogens with zero attached hydrogens (tertiary/aromatic N) is 3. The summed E-state index contributed by atoms with van der Waals surface area (Å²) in [5, 5.41) is 12.9. The summed E-state index contributed by atoms with van der Waals surface area (Å²) in [6.45, 7) is 5.10. The van der Waals surface area contributed by atoms with Gasteiger partial charge >= 0.3 is 6.09 Å². The average molecular weight is 463 g/mol. The van der Waals surface area contributed by atoms with E-state index in [0.717, 1.165) is 42.0 Å². The van der Waals surface area contributed by atoms with Crippen molar-refractivity contribution in [3.63, 3.8) is 0 Å². The highest BCUT2D eigenvalue weighted by Crippen LogP contribution is 2.53. The molecule has 0 spiro atoms. The van der Waals surface area contributed by atoms with Gasteiger partial charge in [0.2, 0.25) is 0 Å². The summed E-state index contributed by atoms with van der Waals surface area (Å²) >= 11 is 0. The number of carbonyl (C=O) groups excluding carboxylic acids is 1. The number of likely N-dealkylation sites (N-methyl/N-ethyl adjacent to an activating group) is 1. The third-order valence-corrected chi connectivity index (χ3v) is 6.49. The second-order valence-electron chi connectivity index (χ2n) is 9.62. The van der Waals surface area contributed by atoms with E-state index in [2.05, 4.69) is 33.3 Å². The second kappa shape index (κ2) is 10.4. The number of nitriles is 1. The number of hydrogen-bond donors (Lipinski definition) is 1. The number of benzene rings is 2. The van der Waals surface area contributed by atoms with E-state index in [9.17, 15) is 10.1 Å². The molecule has 0 bridgehead atoms. The first-order valence-corrected chi connectivity index (χ1v) is 12.0. The number of ether oxygens (including phenoxy) is 2. The van der Waals surface area contributed by atoms with Gasteiger partial charge in [-0.1, -0.05) is 18.2 Å². The van der Waals surface area contributed by atoms with E-state index in [-0.39, 0.29) is 18.1 Å². The molecule has 2 aliphatic rings. The third-order valence-electron chi connectivity index (χ3n) is 6.49. The topological polar surface area (TPSA) is 77.8 Å². The minimum absolute atomic E-state index is 0.0704. The van der Waals surface area contributed by atoms with Gasteiger partial charge in [0.25, 0.3) is 0 Å². The van der Waals surface area contributed by atoms with E-state index < -0.39 is 6.09 Å². The summed E-state index contributed by atoms with van der Waals surface area (Å²) in [6, 6.07) is 16.8. The molecule has 1 saturated carbocycles. The Labute approximate surface area is 202 Å². The summed E-state index contributed by atoms with van der Waals surface area (Å²) in [7, 11) is 4.06. The molecule has 2 aromatic carbocycles. The normalized spacial score (nSPS) is 19.5. The quantitative estimate of drug-likeness (QED) is 0.573. The van der Waals surface area contributed by atoms with Gasteiger partial charge < -0.3 is 19.3 Å². The molecule has 2 aromatic rings. The van der Waals surface area contributed by atoms with Crippen molar-refractivity contribution in [2.24, 2.45) is 0 Å². The highest BCUT2D eigenvalue weighted by atomic mass is 16.6. The lowest BCUT2D eigenvalue weighted by Gasteiger charge is -2.41. The van der Waals surface area contributed by atoms with Crippen molar-refractivity contribution in [2.45, 2.75) is 57.2 Å². The van der Waals surface area contributed by atoms with Crippen molar-refractivity contribution in [1.29, 1.82) is 5.26 Å². The van der Waals surface area contributed by atoms with Gasteiger partial charge in [-0.2, -0.15) is 5.26 Å². The fraction of sp³-hybridized carbons (Fsp3) is 0.481. The van der Waals surface area contributed by atoms with Crippen molar-refractivity contribution in [2.75, 3.05) is 37.5 Å². The van der Waals surface area contributed by atoms with E-state index in [4.69, 9.17) is 9.47 Å². The maximum absolute atomic E-state index is 11.9. The molecule has 2 unspecified atom stereocenters. The Morgan fingerprint density at radius 1 is 1.21 bits per heavy atom. The molecule has 7 heteroatoms. The first-order valence-electron chi connectivity index (χ1n) is 12.0. The van der Waals surface area contributed by atoms with Crippen LogP contribution < -0.4 is 15.0 Å². The van der Waals surface area contributed by atoms with Crippen LogP contribution in [-0.4, -0.2) is 50.4 Å². The molecule has 1 heterocycles. The molecule has 0 aromatic heterocycles. The van der Waals surface area contributed by atoms with Crippen molar-refractivity contribution >= 4 is 17.5 Å². The Balaban J connectivity index is 1.59. The van der Waals surface area contributed by atoms with Gasteiger partial charge in [-0.05, 0) is 76.5 Å². The maximum Gasteiger partial charge on any atom is 0.411 e. The standard InChI is InChI=1S/C27H34N4O3/c1-18(2)34-27(32)29-20-10-8-19(9-11-20)26-24(17-28)23-13-12-22(33-15-14-30(3)4)16-25(23)31(26)21-6-5-7-21/h8-13,16,18,21,24,26H,5-7,14-15H2,1-4H3,(H,29,32). The Kier molecular flexibility index (Phi) is 7.28. The molecule has 0 radical (unpaired) electrons. The fourth-order valence-electron chi connectivity index (χ4n) is 4.63. The molecular weight excluding hydrogens is 428 g/mol. The average Bonchev–Trinajstić information content (AvgIpc) is 3.05. The van der Waals surface area contributed by atoms with E-state index >= 15 is 0 Å². The largest absolute Gasteiger partial charge is 0.492 e. The predicted molar refractivity (Wildman–Crippen MR) is 133 cm³/mol. The van der Waals surface area contributed by atoms with Gasteiger partial charge in [-0.25, -0.2) is 4.79 Å². The van der Waals surface area contributed by atoms with Crippen LogP contribution in [0.2, 0.25) is 0 Å². The minimum atomic E-state index is -0.469. The molecule has 1 aliphatic heterocycles. The number of amides is 1. The minimum Gasteiger partial charge on any atom is -0.492 e. The van der Waals surface area contributed by atoms with Crippen molar-refractivity contribution in [3.05, 3.63) is 53.6 Å². The molecule has 4 rings (SSSR count). The molecule has 34 heavy (non-hydrogen) atoms. The molecule has 1 fully saturated rings. The Morgan fingerprint density at radius 2 is 1.94 bits per heavy atom. The summed E-state index contributed by atoms with van der Waals surface area (Å²) in [5.41, 5.74) is 3.89. The smallest absolute Gasteiger partial charge is 0.411 e. The van der Waals surface area contributed by atoms with Gasteiger partial charge in [0.1, 0.15) is 12.4 Å². The lowest BCUT2D eigenvalue weighted by atomic mass is 9.87. The van der Waals surface area contributed by atoms with Crippen LogP contribution in [0, 0.1) is 11.3 Å². The zero-order valence-electron chi connectivity index (χ0n) is 20.5. The van der Waals surface area contributed by atoms with E-state index in [1.54, 1.807) is 0 Å². The highest BCUT2D eigenvalue weighted by molar-refractivity contribution is 5.84. The van der Waals surface area contributed by atoms with Gasteiger partial charge in [0.05, 0.1) is 24.1 Å². The van der Waals surface area contributed by atoms with Crippen LogP contribution >= 0.6 is 0 Å². The van der Waals surface area contributed by atoms with Crippen LogP contribution in [0.5, 0.6) is 5.75 Å². The number of fused-ring (bicyclic) bond motifs is 1. The lowest BCUT2D eigenvalue weighted by molar-refractivity contribution is 0.130. The van der Waals surface area contributed by atoms with Crippen LogP contribution in [0.25, 0.3) is 0 Å². The SMILES string of the molecule is CC(C)OC(=O)Nc1ccc(C2C(C#N)c3ccc(OCCN(C)C)cc3N2C2CCC2)cc1. The number of nitrogens with one attached hydrogen (secondary N) is 1. The first kappa shape index (κ1) is 23.9. The zero-order valence-corrected chi connectivity index (χ0v) is 20.5. The van der Waals surface area contributed by atoms with Crippen LogP contribution in [0.1, 0.15) is 56.2 Å². The molecule has 2 atom stereocenters. The van der Waals surface area contributed by atoms with Gasteiger partial charge in [-0.3, -0.25) is 5.32 Å². The Morgan fingerprint density at radius 3 is 2.53 bits per heavy atom. The summed E-state index contributed by atoms with van der Waals surface area (Å²) in [5.74, 6) is 0.571. The highest BCUT2D eigenvalue weighted by Gasteiger charge is 2.44. The number of carbonyl (C=O) groups is 1. The number of rotatable bonds is 8. The lowest BCUT2D eigenvalue weighted by Crippen LogP contribution is -2.41. The van der Waals surface area contributed by atoms with Gasteiger partial charge in [0.15, 0.2) is 0 Å². The fourth-order valence-corrected chi connectivity index (χ4v) is 4.63. The predicted octanol–water partition coefficient (Wildman–Crippen LogP) is 5.30. The summed E-state index contributed by atoms with van der Waals surface area (Å²) in [4.78, 5) is 16.5. The van der Waals surface area contributed by atoms with Crippen molar-refractivity contribution in [1.82, 2.24) is 4.90 Å². The molecule has 1 amide bonds. The van der Waals surface area contributed by atoms with Crippen LogP contribution in [-0.2, 0) is 4.74 Å². The van der Waals surface area contributed by atoms with Crippen molar-refractivity contribution < 1.29 is 14.3 Å². The monoisotopic (exact) mass is 462 g/mol. The molecule has 180 valence electrons. The zero-order chi connectivity index (χ0) is 24.2. The van der Waals surface area contributed by atoms with Gasteiger partial charge in [0, 0.05) is 30.0 Å².